The van der Waals surface area contributed by atoms with E-state index in [-0.39, 0.29) is 30.8 Å². The number of morpholine rings is 1. The van der Waals surface area contributed by atoms with Crippen LogP contribution in [-0.2, 0) is 25.5 Å². The zero-order valence-corrected chi connectivity index (χ0v) is 27.8. The number of para-hydroxylation sites is 1. The second-order valence-corrected chi connectivity index (χ2v) is 13.6. The van der Waals surface area contributed by atoms with Gasteiger partial charge in [0.05, 0.1) is 35.7 Å². The van der Waals surface area contributed by atoms with Crippen LogP contribution >= 0.6 is 11.6 Å². The van der Waals surface area contributed by atoms with E-state index in [0.29, 0.717) is 68.8 Å². The van der Waals surface area contributed by atoms with Crippen molar-refractivity contribution in [3.8, 4) is 0 Å². The molecule has 0 saturated carbocycles. The highest BCUT2D eigenvalue weighted by Crippen LogP contribution is 2.29. The van der Waals surface area contributed by atoms with Crippen LogP contribution in [0.2, 0.25) is 5.02 Å². The number of hydrogen-bond donors (Lipinski definition) is 0. The topological polar surface area (TPSA) is 106 Å². The van der Waals surface area contributed by atoms with E-state index < -0.39 is 23.7 Å². The molecule has 2 atom stereocenters. The zero-order valence-electron chi connectivity index (χ0n) is 27.0. The van der Waals surface area contributed by atoms with Crippen molar-refractivity contribution >= 4 is 40.5 Å². The number of halogens is 1. The first kappa shape index (κ1) is 34.0. The van der Waals surface area contributed by atoms with Crippen LogP contribution < -0.4 is 0 Å². The summed E-state index contributed by atoms with van der Waals surface area (Å²) >= 11 is 6.55. The number of fused-ring (bicyclic) bond motifs is 1. The van der Waals surface area contributed by atoms with Gasteiger partial charge in [0.1, 0.15) is 11.1 Å². The van der Waals surface area contributed by atoms with Gasteiger partial charge in [0.25, 0.3) is 5.91 Å². The number of benzene rings is 1. The van der Waals surface area contributed by atoms with Crippen LogP contribution in [0.4, 0.5) is 4.79 Å². The fourth-order valence-corrected chi connectivity index (χ4v) is 6.14. The largest absolute Gasteiger partial charge is 0.444 e. The molecule has 2 aromatic rings. The number of nitrogens with zero attached hydrogens (tertiary/aromatic N) is 5. The van der Waals surface area contributed by atoms with Gasteiger partial charge in [0.15, 0.2) is 5.82 Å². The molecule has 1 aromatic carbocycles. The van der Waals surface area contributed by atoms with Crippen LogP contribution in [0.25, 0.3) is 11.0 Å². The normalized spacial score (nSPS) is 19.5. The fraction of sp³-hybridized carbons (Fsp3) is 0.688. The van der Waals surface area contributed by atoms with Crippen molar-refractivity contribution in [2.45, 2.75) is 72.1 Å². The number of piperidine rings is 1. The Morgan fingerprint density at radius 1 is 1.11 bits per heavy atom. The first-order valence-electron chi connectivity index (χ1n) is 15.7. The van der Waals surface area contributed by atoms with Gasteiger partial charge >= 0.3 is 6.09 Å². The van der Waals surface area contributed by atoms with Gasteiger partial charge in [-0.1, -0.05) is 31.5 Å². The molecule has 44 heavy (non-hydrogen) atoms. The molecule has 3 amide bonds. The summed E-state index contributed by atoms with van der Waals surface area (Å²) in [7, 11) is 1.67. The van der Waals surface area contributed by atoms with Gasteiger partial charge < -0.3 is 33.5 Å². The monoisotopic (exact) mass is 633 g/mol. The number of ether oxygens (including phenoxy) is 3. The highest BCUT2D eigenvalue weighted by Gasteiger charge is 2.42. The summed E-state index contributed by atoms with van der Waals surface area (Å²) in [5.41, 5.74) is 0.670. The number of amides is 3. The summed E-state index contributed by atoms with van der Waals surface area (Å²) in [6.45, 7) is 13.7. The van der Waals surface area contributed by atoms with Crippen molar-refractivity contribution in [2.75, 3.05) is 59.7 Å². The Labute approximate surface area is 265 Å². The Hall–Kier alpha value is -2.89. The molecule has 2 fully saturated rings. The molecule has 244 valence electrons. The molecule has 2 saturated heterocycles. The minimum absolute atomic E-state index is 0.0272. The minimum Gasteiger partial charge on any atom is -0.444 e. The standard InChI is InChI=1S/C32H48ClN5O6/c1-22(2)19-38(30(40)28-34-27-25(33)10-9-11-26(27)37(28)12-7-8-15-42-6)24-18-23(29(39)35-13-16-43-17-14-35)20-36(21-24)31(41)44-32(3,4)5/h9-11,22-24H,7-8,12-21H2,1-6H3/t23-,24+/m1/s1. The molecule has 2 aliphatic heterocycles. The lowest BCUT2D eigenvalue weighted by Crippen LogP contribution is -2.58. The van der Waals surface area contributed by atoms with E-state index in [1.54, 1.807) is 23.0 Å². The molecule has 2 aliphatic rings. The molecule has 11 nitrogen and oxygen atoms in total. The number of methoxy groups -OCH3 is 1. The Kier molecular flexibility index (Phi) is 11.5. The molecule has 0 N–H and O–H groups in total. The van der Waals surface area contributed by atoms with Gasteiger partial charge in [-0.3, -0.25) is 9.59 Å². The lowest BCUT2D eigenvalue weighted by molar-refractivity contribution is -0.142. The lowest BCUT2D eigenvalue weighted by Gasteiger charge is -2.44. The van der Waals surface area contributed by atoms with E-state index in [2.05, 4.69) is 13.8 Å². The third-order valence-corrected chi connectivity index (χ3v) is 8.22. The number of hydrogen-bond acceptors (Lipinski definition) is 7. The van der Waals surface area contributed by atoms with E-state index in [1.807, 2.05) is 42.4 Å². The molecule has 12 heteroatoms. The number of unbranched alkanes of at least 4 members (excludes halogenated alkanes) is 1. The number of imidazole rings is 1. The van der Waals surface area contributed by atoms with E-state index >= 15 is 0 Å². The van der Waals surface area contributed by atoms with Crippen molar-refractivity contribution in [2.24, 2.45) is 11.8 Å². The van der Waals surface area contributed by atoms with Crippen LogP contribution in [0.5, 0.6) is 0 Å². The molecular formula is C32H48ClN5O6. The summed E-state index contributed by atoms with van der Waals surface area (Å²) < 4.78 is 18.4. The summed E-state index contributed by atoms with van der Waals surface area (Å²) in [4.78, 5) is 51.7. The molecule has 0 spiro atoms. The van der Waals surface area contributed by atoms with Gasteiger partial charge in [-0.25, -0.2) is 9.78 Å². The van der Waals surface area contributed by atoms with Crippen LogP contribution in [-0.4, -0.2) is 113 Å². The Bertz CT molecular complexity index is 1300. The molecule has 4 rings (SSSR count). The predicted molar refractivity (Wildman–Crippen MR) is 169 cm³/mol. The maximum Gasteiger partial charge on any atom is 0.410 e. The van der Waals surface area contributed by atoms with E-state index in [0.717, 1.165) is 18.4 Å². The quantitative estimate of drug-likeness (QED) is 0.349. The van der Waals surface area contributed by atoms with Crippen molar-refractivity contribution in [1.82, 2.24) is 24.3 Å². The zero-order chi connectivity index (χ0) is 32.0. The highest BCUT2D eigenvalue weighted by molar-refractivity contribution is 6.35. The summed E-state index contributed by atoms with van der Waals surface area (Å²) in [5.74, 6) is -0.319. The van der Waals surface area contributed by atoms with E-state index in [1.165, 1.54) is 0 Å². The highest BCUT2D eigenvalue weighted by atomic mass is 35.5. The number of carbonyl (C=O) groups excluding carboxylic acids is 3. The molecule has 0 unspecified atom stereocenters. The van der Waals surface area contributed by atoms with Gasteiger partial charge in [-0.15, -0.1) is 0 Å². The minimum atomic E-state index is -0.700. The molecule has 0 aliphatic carbocycles. The SMILES string of the molecule is COCCCCn1c(C(=O)N(CC(C)C)[C@H]2C[C@@H](C(=O)N3CCOCC3)CN(C(=O)OC(C)(C)C)C2)nc2c(Cl)cccc21. The van der Waals surface area contributed by atoms with Crippen LogP contribution in [0.3, 0.4) is 0 Å². The van der Waals surface area contributed by atoms with Crippen LogP contribution in [0, 0.1) is 11.8 Å². The van der Waals surface area contributed by atoms with Crippen molar-refractivity contribution in [1.29, 1.82) is 0 Å². The third-order valence-electron chi connectivity index (χ3n) is 7.92. The summed E-state index contributed by atoms with van der Waals surface area (Å²) in [5, 5.41) is 0.479. The van der Waals surface area contributed by atoms with Crippen LogP contribution in [0.15, 0.2) is 18.2 Å². The van der Waals surface area contributed by atoms with E-state index in [9.17, 15) is 14.4 Å². The lowest BCUT2D eigenvalue weighted by atomic mass is 9.91. The average molecular weight is 634 g/mol. The van der Waals surface area contributed by atoms with Gasteiger partial charge in [-0.2, -0.15) is 0 Å². The Morgan fingerprint density at radius 2 is 1.84 bits per heavy atom. The van der Waals surface area contributed by atoms with Crippen molar-refractivity contribution in [3.05, 3.63) is 29.0 Å². The average Bonchev–Trinajstić information content (AvgIpc) is 3.36. The number of carbonyl (C=O) groups is 3. The third kappa shape index (κ3) is 8.43. The van der Waals surface area contributed by atoms with Crippen molar-refractivity contribution < 1.29 is 28.6 Å². The van der Waals surface area contributed by atoms with Gasteiger partial charge in [-0.05, 0) is 58.1 Å². The second kappa shape index (κ2) is 14.9. The molecule has 0 radical (unpaired) electrons. The fourth-order valence-electron chi connectivity index (χ4n) is 5.93. The maximum atomic E-state index is 14.6. The summed E-state index contributed by atoms with van der Waals surface area (Å²) in [6.07, 6.45) is 1.57. The first-order valence-corrected chi connectivity index (χ1v) is 16.1. The van der Waals surface area contributed by atoms with Crippen molar-refractivity contribution in [3.63, 3.8) is 0 Å². The Balaban J connectivity index is 1.70. The van der Waals surface area contributed by atoms with E-state index in [4.69, 9.17) is 30.8 Å². The number of aryl methyl sites for hydroxylation is 1. The number of aromatic nitrogens is 2. The maximum absolute atomic E-state index is 14.6. The molecule has 0 bridgehead atoms. The number of rotatable bonds is 10. The molecular weight excluding hydrogens is 586 g/mol. The Morgan fingerprint density at radius 3 is 2.50 bits per heavy atom. The van der Waals surface area contributed by atoms with Gasteiger partial charge in [0, 0.05) is 53.0 Å². The first-order chi connectivity index (χ1) is 20.9. The number of likely N-dealkylation sites (tertiary alicyclic amines) is 1. The van der Waals surface area contributed by atoms with Gasteiger partial charge in [0.2, 0.25) is 5.91 Å². The summed E-state index contributed by atoms with van der Waals surface area (Å²) in [6, 6.07) is 5.14. The predicted octanol–water partition coefficient (Wildman–Crippen LogP) is 4.70. The molecule has 3 heterocycles. The molecule has 1 aromatic heterocycles. The smallest absolute Gasteiger partial charge is 0.410 e. The second-order valence-electron chi connectivity index (χ2n) is 13.2. The van der Waals surface area contributed by atoms with Crippen LogP contribution in [0.1, 0.15) is 64.5 Å².